The summed E-state index contributed by atoms with van der Waals surface area (Å²) in [6, 6.07) is 62.2. The van der Waals surface area contributed by atoms with Crippen molar-refractivity contribution in [3.8, 4) is 78.0 Å². The average Bonchev–Trinajstić information content (AvgIpc) is 3.29. The predicted molar refractivity (Wildman–Crippen MR) is 231 cm³/mol. The van der Waals surface area contributed by atoms with Crippen molar-refractivity contribution >= 4 is 21.8 Å². The second-order valence-electron chi connectivity index (χ2n) is 13.9. The van der Waals surface area contributed by atoms with E-state index in [4.69, 9.17) is 9.97 Å². The number of pyridine rings is 4. The van der Waals surface area contributed by atoms with E-state index in [0.29, 0.717) is 0 Å². The molecule has 0 atom stereocenters. The van der Waals surface area contributed by atoms with E-state index >= 15 is 0 Å². The van der Waals surface area contributed by atoms with E-state index in [9.17, 15) is 0 Å². The molecule has 0 fully saturated rings. The molecule has 4 heteroatoms. The van der Waals surface area contributed by atoms with E-state index in [1.807, 2.05) is 49.2 Å². The molecule has 0 radical (unpaired) electrons. The summed E-state index contributed by atoms with van der Waals surface area (Å²) >= 11 is 0. The number of rotatable bonds is 7. The number of fused-ring (bicyclic) bond motifs is 3. The third kappa shape index (κ3) is 6.29. The van der Waals surface area contributed by atoms with Crippen LogP contribution in [0.25, 0.3) is 99.8 Å². The van der Waals surface area contributed by atoms with E-state index in [1.54, 1.807) is 0 Å². The van der Waals surface area contributed by atoms with Crippen LogP contribution >= 0.6 is 0 Å². The van der Waals surface area contributed by atoms with Crippen LogP contribution in [0.4, 0.5) is 0 Å². The summed E-state index contributed by atoms with van der Waals surface area (Å²) in [5.74, 6) is 0. The molecule has 262 valence electrons. The Hall–Kier alpha value is -7.56. The first-order chi connectivity index (χ1) is 27.7. The summed E-state index contributed by atoms with van der Waals surface area (Å²) < 4.78 is 0. The molecule has 0 N–H and O–H groups in total. The third-order valence-corrected chi connectivity index (χ3v) is 10.5. The highest BCUT2D eigenvalue weighted by molar-refractivity contribution is 6.12. The second-order valence-corrected chi connectivity index (χ2v) is 13.9. The maximum Gasteiger partial charge on any atom is 0.0978 e. The van der Waals surface area contributed by atoms with Crippen molar-refractivity contribution in [1.82, 2.24) is 19.9 Å². The minimum absolute atomic E-state index is 0.899. The van der Waals surface area contributed by atoms with Crippen LogP contribution in [-0.4, -0.2) is 19.9 Å². The molecule has 6 aromatic carbocycles. The Balaban J connectivity index is 1.02. The van der Waals surface area contributed by atoms with Crippen LogP contribution in [0, 0.1) is 0 Å². The normalized spacial score (nSPS) is 11.2. The zero-order valence-corrected chi connectivity index (χ0v) is 30.4. The van der Waals surface area contributed by atoms with Gasteiger partial charge in [0.1, 0.15) is 0 Å². The lowest BCUT2D eigenvalue weighted by Gasteiger charge is -2.14. The van der Waals surface area contributed by atoms with Crippen molar-refractivity contribution < 1.29 is 0 Å². The van der Waals surface area contributed by atoms with Gasteiger partial charge in [0, 0.05) is 58.4 Å². The maximum atomic E-state index is 5.33. The molecule has 0 spiro atoms. The molecule has 4 heterocycles. The lowest BCUT2D eigenvalue weighted by atomic mass is 9.93. The van der Waals surface area contributed by atoms with Crippen LogP contribution in [0.1, 0.15) is 0 Å². The first-order valence-corrected chi connectivity index (χ1v) is 18.8. The van der Waals surface area contributed by atoms with Crippen LogP contribution in [0.15, 0.2) is 207 Å². The zero-order chi connectivity index (χ0) is 37.3. The van der Waals surface area contributed by atoms with Gasteiger partial charge in [0.15, 0.2) is 0 Å². The molecule has 10 rings (SSSR count). The molecule has 0 aliphatic heterocycles. The fraction of sp³-hybridized carbons (Fsp3) is 0. The van der Waals surface area contributed by atoms with Crippen LogP contribution < -0.4 is 0 Å². The minimum atomic E-state index is 0.899. The fourth-order valence-corrected chi connectivity index (χ4v) is 7.66. The maximum absolute atomic E-state index is 5.33. The molecular weight excluding hydrogens is 681 g/mol. The molecule has 4 nitrogen and oxygen atoms in total. The highest BCUT2D eigenvalue weighted by atomic mass is 14.8. The van der Waals surface area contributed by atoms with Crippen LogP contribution in [0.3, 0.4) is 0 Å². The van der Waals surface area contributed by atoms with Gasteiger partial charge in [0.05, 0.1) is 16.7 Å². The largest absolute Gasteiger partial charge is 0.264 e. The Kier molecular flexibility index (Phi) is 8.47. The smallest absolute Gasteiger partial charge is 0.0978 e. The van der Waals surface area contributed by atoms with Gasteiger partial charge in [0.25, 0.3) is 0 Å². The molecule has 4 aromatic heterocycles. The minimum Gasteiger partial charge on any atom is -0.264 e. The Morgan fingerprint density at radius 3 is 1.29 bits per heavy atom. The molecular formula is C52H34N4. The number of aromatic nitrogens is 4. The van der Waals surface area contributed by atoms with Crippen LogP contribution in [0.5, 0.6) is 0 Å². The van der Waals surface area contributed by atoms with E-state index in [0.717, 1.165) is 99.8 Å². The van der Waals surface area contributed by atoms with E-state index < -0.39 is 0 Å². The van der Waals surface area contributed by atoms with E-state index in [1.165, 1.54) is 0 Å². The fourth-order valence-electron chi connectivity index (χ4n) is 7.66. The lowest BCUT2D eigenvalue weighted by molar-refractivity contribution is 1.32. The predicted octanol–water partition coefficient (Wildman–Crippen LogP) is 13.2. The summed E-state index contributed by atoms with van der Waals surface area (Å²) in [7, 11) is 0. The number of hydrogen-bond donors (Lipinski definition) is 0. The van der Waals surface area contributed by atoms with Gasteiger partial charge in [0.2, 0.25) is 0 Å². The van der Waals surface area contributed by atoms with Crippen molar-refractivity contribution in [1.29, 1.82) is 0 Å². The topological polar surface area (TPSA) is 51.6 Å². The van der Waals surface area contributed by atoms with Crippen molar-refractivity contribution in [2.24, 2.45) is 0 Å². The summed E-state index contributed by atoms with van der Waals surface area (Å²) in [5, 5.41) is 2.17. The van der Waals surface area contributed by atoms with Gasteiger partial charge in [-0.15, -0.1) is 0 Å². The molecule has 0 saturated heterocycles. The van der Waals surface area contributed by atoms with Gasteiger partial charge in [-0.25, -0.2) is 4.98 Å². The number of benzene rings is 6. The van der Waals surface area contributed by atoms with Crippen molar-refractivity contribution in [3.05, 3.63) is 207 Å². The first kappa shape index (κ1) is 33.0. The number of nitrogens with zero attached hydrogens (tertiary/aromatic N) is 4. The first-order valence-electron chi connectivity index (χ1n) is 18.8. The molecule has 10 aromatic rings. The summed E-state index contributed by atoms with van der Waals surface area (Å²) in [6.45, 7) is 0. The Bertz CT molecular complexity index is 2910. The standard InChI is InChI=1S/C52H34N4/c1-3-9-38(10-4-1)46-25-28-55-51-47(46)23-24-48-49(39-11-5-2-6-12-39)32-50(56-52(48)51)40-21-19-36(20-22-40)35-15-17-37(18-16-35)43-29-44(41-13-7-26-53-33-41)31-45(30-43)42-14-8-27-54-34-42/h1-34H. The highest BCUT2D eigenvalue weighted by Crippen LogP contribution is 2.38. The quantitative estimate of drug-likeness (QED) is 0.154. The van der Waals surface area contributed by atoms with Crippen LogP contribution in [-0.2, 0) is 0 Å². The highest BCUT2D eigenvalue weighted by Gasteiger charge is 2.16. The molecule has 0 aliphatic carbocycles. The summed E-state index contributed by atoms with van der Waals surface area (Å²) in [5.41, 5.74) is 17.3. The van der Waals surface area contributed by atoms with Gasteiger partial charge in [-0.3, -0.25) is 15.0 Å². The zero-order valence-electron chi connectivity index (χ0n) is 30.4. The van der Waals surface area contributed by atoms with Gasteiger partial charge in [-0.05, 0) is 98.1 Å². The molecule has 0 aliphatic rings. The van der Waals surface area contributed by atoms with Crippen molar-refractivity contribution in [2.75, 3.05) is 0 Å². The second kappa shape index (κ2) is 14.3. The molecule has 0 amide bonds. The van der Waals surface area contributed by atoms with Crippen molar-refractivity contribution in [2.45, 2.75) is 0 Å². The Morgan fingerprint density at radius 1 is 0.286 bits per heavy atom. The van der Waals surface area contributed by atoms with Gasteiger partial charge in [-0.2, -0.15) is 0 Å². The summed E-state index contributed by atoms with van der Waals surface area (Å²) in [4.78, 5) is 19.0. The van der Waals surface area contributed by atoms with Gasteiger partial charge in [-0.1, -0.05) is 133 Å². The Morgan fingerprint density at radius 2 is 0.750 bits per heavy atom. The van der Waals surface area contributed by atoms with Crippen molar-refractivity contribution in [3.63, 3.8) is 0 Å². The third-order valence-electron chi connectivity index (χ3n) is 10.5. The SMILES string of the molecule is c1ccc(-c2ccnc3c2ccc2c(-c4ccccc4)cc(-c4ccc(-c5ccc(-c6cc(-c7cccnc7)cc(-c7cccnc7)c6)cc5)cc4)nc23)cc1. The number of hydrogen-bond acceptors (Lipinski definition) is 4. The van der Waals surface area contributed by atoms with E-state index in [-0.39, 0.29) is 0 Å². The van der Waals surface area contributed by atoms with Gasteiger partial charge >= 0.3 is 0 Å². The van der Waals surface area contributed by atoms with E-state index in [2.05, 4.69) is 168 Å². The van der Waals surface area contributed by atoms with Gasteiger partial charge < -0.3 is 0 Å². The Labute approximate surface area is 325 Å². The molecule has 0 saturated carbocycles. The summed E-state index contributed by atoms with van der Waals surface area (Å²) in [6.07, 6.45) is 9.34. The molecule has 0 unspecified atom stereocenters. The molecule has 56 heavy (non-hydrogen) atoms. The molecule has 0 bridgehead atoms. The average molecular weight is 715 g/mol. The lowest BCUT2D eigenvalue weighted by Crippen LogP contribution is -1.93. The monoisotopic (exact) mass is 714 g/mol. The van der Waals surface area contributed by atoms with Crippen LogP contribution in [0.2, 0.25) is 0 Å².